The number of fused-ring (bicyclic) bond motifs is 3. The molecule has 0 spiro atoms. The zero-order valence-electron chi connectivity index (χ0n) is 23.6. The van der Waals surface area contributed by atoms with Gasteiger partial charge in [0, 0.05) is 41.5 Å². The zero-order valence-corrected chi connectivity index (χ0v) is 24.4. The molecule has 2 fully saturated rings. The van der Waals surface area contributed by atoms with Crippen molar-refractivity contribution >= 4 is 40.3 Å². The summed E-state index contributed by atoms with van der Waals surface area (Å²) in [4.78, 5) is 51.3. The maximum Gasteiger partial charge on any atom is 0.410 e. The van der Waals surface area contributed by atoms with Gasteiger partial charge in [-0.2, -0.15) is 0 Å². The van der Waals surface area contributed by atoms with Crippen LogP contribution in [0.3, 0.4) is 0 Å². The van der Waals surface area contributed by atoms with Crippen molar-refractivity contribution in [1.82, 2.24) is 20.2 Å². The number of benzene rings is 2. The fourth-order valence-electron chi connectivity index (χ4n) is 5.81. The van der Waals surface area contributed by atoms with E-state index in [1.807, 2.05) is 57.2 Å². The Morgan fingerprint density at radius 2 is 1.86 bits per heavy atom. The van der Waals surface area contributed by atoms with E-state index in [9.17, 15) is 14.4 Å². The van der Waals surface area contributed by atoms with E-state index >= 15 is 0 Å². The number of piperazine rings is 1. The monoisotopic (exact) mass is 585 g/mol. The molecule has 4 heterocycles. The molecule has 2 aromatic heterocycles. The number of likely N-dealkylation sites (tertiary alicyclic amines) is 1. The Labute approximate surface area is 248 Å². The summed E-state index contributed by atoms with van der Waals surface area (Å²) in [7, 11) is 0. The van der Waals surface area contributed by atoms with Gasteiger partial charge in [-0.25, -0.2) is 9.78 Å². The molecule has 2 aliphatic rings. The molecule has 4 aromatic rings. The molecule has 216 valence electrons. The molecule has 2 aromatic carbocycles. The average molecular weight is 586 g/mol. The minimum absolute atomic E-state index is 0.0670. The third kappa shape index (κ3) is 5.44. The van der Waals surface area contributed by atoms with E-state index in [2.05, 4.69) is 20.2 Å². The van der Waals surface area contributed by atoms with Gasteiger partial charge in [0.1, 0.15) is 11.4 Å². The van der Waals surface area contributed by atoms with Crippen LogP contribution in [0, 0.1) is 0 Å². The summed E-state index contributed by atoms with van der Waals surface area (Å²) in [5.41, 5.74) is 1.47. The Morgan fingerprint density at radius 1 is 1.07 bits per heavy atom. The summed E-state index contributed by atoms with van der Waals surface area (Å²) in [5, 5.41) is 4.05. The van der Waals surface area contributed by atoms with Crippen LogP contribution >= 0.6 is 11.6 Å². The van der Waals surface area contributed by atoms with Crippen LogP contribution in [0.15, 0.2) is 77.9 Å². The molecular weight excluding hydrogens is 554 g/mol. The lowest BCUT2D eigenvalue weighted by Gasteiger charge is -2.35. The summed E-state index contributed by atoms with van der Waals surface area (Å²) in [6.07, 6.45) is 3.76. The molecule has 9 nitrogen and oxygen atoms in total. The number of hydrogen-bond acceptors (Lipinski definition) is 6. The Kier molecular flexibility index (Phi) is 7.14. The Hall–Kier alpha value is -4.37. The number of halogens is 1. The number of H-pyrrole nitrogens is 1. The summed E-state index contributed by atoms with van der Waals surface area (Å²) in [6, 6.07) is 17.5. The van der Waals surface area contributed by atoms with E-state index in [-0.39, 0.29) is 29.5 Å². The van der Waals surface area contributed by atoms with Crippen molar-refractivity contribution in [3.8, 4) is 0 Å². The minimum atomic E-state index is -0.685. The molecule has 0 aliphatic carbocycles. The van der Waals surface area contributed by atoms with Gasteiger partial charge in [-0.3, -0.25) is 9.59 Å². The second-order valence-corrected chi connectivity index (χ2v) is 12.3. The summed E-state index contributed by atoms with van der Waals surface area (Å²) >= 11 is 6.11. The lowest BCUT2D eigenvalue weighted by molar-refractivity contribution is 0.0214. The number of aromatic nitrogens is 2. The molecule has 2 N–H and O–H groups in total. The summed E-state index contributed by atoms with van der Waals surface area (Å²) in [5.74, 6) is 0.407. The first-order valence-electron chi connectivity index (χ1n) is 14.0. The SMILES string of the molecule is CC(C)(C)OC(=O)N1C[C@@H]2C[C@H]1CN2c1ccc(C(=O)NC(c2ccccc2)c2c[nH]c3cc(Cl)ccc3c2=O)cn1. The molecule has 2 bridgehead atoms. The van der Waals surface area contributed by atoms with Crippen molar-refractivity contribution in [3.05, 3.63) is 105 Å². The third-order valence-corrected chi connectivity index (χ3v) is 8.00. The topological polar surface area (TPSA) is 108 Å². The van der Waals surface area contributed by atoms with E-state index in [4.69, 9.17) is 16.3 Å². The second-order valence-electron chi connectivity index (χ2n) is 11.8. The number of carbonyl (C=O) groups excluding carboxylic acids is 2. The number of ether oxygens (including phenoxy) is 1. The lowest BCUT2D eigenvalue weighted by Crippen LogP contribution is -2.50. The van der Waals surface area contributed by atoms with Crippen molar-refractivity contribution in [2.75, 3.05) is 18.0 Å². The first-order chi connectivity index (χ1) is 20.1. The Bertz CT molecular complexity index is 1700. The number of hydrogen-bond donors (Lipinski definition) is 2. The minimum Gasteiger partial charge on any atom is -0.444 e. The number of anilines is 1. The van der Waals surface area contributed by atoms with Gasteiger partial charge in [-0.15, -0.1) is 0 Å². The van der Waals surface area contributed by atoms with Crippen LogP contribution in [0.25, 0.3) is 10.9 Å². The number of pyridine rings is 2. The summed E-state index contributed by atoms with van der Waals surface area (Å²) in [6.45, 7) is 6.84. The van der Waals surface area contributed by atoms with Gasteiger partial charge in [-0.1, -0.05) is 41.9 Å². The fraction of sp³-hybridized carbons (Fsp3) is 0.312. The zero-order chi connectivity index (χ0) is 29.6. The Morgan fingerprint density at radius 3 is 2.52 bits per heavy atom. The number of rotatable bonds is 5. The first-order valence-corrected chi connectivity index (χ1v) is 14.3. The molecule has 1 unspecified atom stereocenters. The van der Waals surface area contributed by atoms with E-state index in [1.165, 1.54) is 0 Å². The maximum atomic E-state index is 13.5. The van der Waals surface area contributed by atoms with Gasteiger partial charge >= 0.3 is 6.09 Å². The van der Waals surface area contributed by atoms with Crippen LogP contribution < -0.4 is 15.6 Å². The van der Waals surface area contributed by atoms with Gasteiger partial charge in [-0.05, 0) is 63.1 Å². The highest BCUT2D eigenvalue weighted by Crippen LogP contribution is 2.34. The largest absolute Gasteiger partial charge is 0.444 e. The number of aromatic amines is 1. The predicted octanol–water partition coefficient (Wildman–Crippen LogP) is 5.29. The van der Waals surface area contributed by atoms with Crippen LogP contribution in [0.5, 0.6) is 0 Å². The molecule has 6 rings (SSSR count). The van der Waals surface area contributed by atoms with Crippen LogP contribution in [0.2, 0.25) is 5.02 Å². The molecular formula is C32H32ClN5O4. The molecule has 10 heteroatoms. The van der Waals surface area contributed by atoms with Crippen molar-refractivity contribution < 1.29 is 14.3 Å². The van der Waals surface area contributed by atoms with Crippen molar-refractivity contribution in [2.45, 2.75) is 50.9 Å². The second kappa shape index (κ2) is 10.8. The number of carbonyl (C=O) groups is 2. The quantitative estimate of drug-likeness (QED) is 0.329. The van der Waals surface area contributed by atoms with Gasteiger partial charge in [0.05, 0.1) is 29.2 Å². The molecule has 2 aliphatic heterocycles. The molecule has 2 saturated heterocycles. The molecule has 3 atom stereocenters. The van der Waals surface area contributed by atoms with Gasteiger partial charge in [0.2, 0.25) is 0 Å². The maximum absolute atomic E-state index is 13.5. The fourth-order valence-corrected chi connectivity index (χ4v) is 5.98. The highest BCUT2D eigenvalue weighted by molar-refractivity contribution is 6.31. The summed E-state index contributed by atoms with van der Waals surface area (Å²) < 4.78 is 5.57. The highest BCUT2D eigenvalue weighted by Gasteiger charge is 2.47. The average Bonchev–Trinajstić information content (AvgIpc) is 3.58. The van der Waals surface area contributed by atoms with Crippen molar-refractivity contribution in [3.63, 3.8) is 0 Å². The normalized spacial score (nSPS) is 18.8. The highest BCUT2D eigenvalue weighted by atomic mass is 35.5. The predicted molar refractivity (Wildman–Crippen MR) is 162 cm³/mol. The van der Waals surface area contributed by atoms with E-state index in [0.717, 1.165) is 17.8 Å². The smallest absolute Gasteiger partial charge is 0.410 e. The van der Waals surface area contributed by atoms with Crippen molar-refractivity contribution in [1.29, 1.82) is 0 Å². The molecule has 0 saturated carbocycles. The van der Waals surface area contributed by atoms with E-state index < -0.39 is 11.6 Å². The standard InChI is InChI=1S/C32H32ClN5O4/c1-32(2,3)42-31(41)38-18-22-14-23(38)17-37(22)27-12-9-20(15-35-27)30(40)36-28(19-7-5-4-6-8-19)25-16-34-26-13-21(33)10-11-24(26)29(25)39/h4-13,15-16,22-23,28H,14,17-18H2,1-3H3,(H,34,39)(H,36,40)/t22-,23-,28?/m0/s1. The van der Waals surface area contributed by atoms with Gasteiger partial charge < -0.3 is 24.8 Å². The van der Waals surface area contributed by atoms with Gasteiger partial charge in [0.25, 0.3) is 5.91 Å². The van der Waals surface area contributed by atoms with E-state index in [1.54, 1.807) is 41.6 Å². The Balaban J connectivity index is 1.19. The van der Waals surface area contributed by atoms with Crippen LogP contribution in [-0.2, 0) is 4.74 Å². The lowest BCUT2D eigenvalue weighted by atomic mass is 9.98. The van der Waals surface area contributed by atoms with E-state index in [0.29, 0.717) is 40.1 Å². The first kappa shape index (κ1) is 27.8. The third-order valence-electron chi connectivity index (χ3n) is 7.76. The van der Waals surface area contributed by atoms with Crippen molar-refractivity contribution in [2.24, 2.45) is 0 Å². The number of nitrogens with zero attached hydrogens (tertiary/aromatic N) is 3. The molecule has 0 radical (unpaired) electrons. The van der Waals surface area contributed by atoms with Crippen LogP contribution in [0.1, 0.15) is 54.7 Å². The van der Waals surface area contributed by atoms with Crippen LogP contribution in [-0.4, -0.2) is 57.6 Å². The van der Waals surface area contributed by atoms with Crippen LogP contribution in [0.4, 0.5) is 10.6 Å². The number of amides is 2. The van der Waals surface area contributed by atoms with Gasteiger partial charge in [0.15, 0.2) is 5.43 Å². The number of nitrogens with one attached hydrogen (secondary N) is 2. The molecule has 2 amide bonds. The molecule has 42 heavy (non-hydrogen) atoms.